The van der Waals surface area contributed by atoms with Crippen molar-refractivity contribution in [1.29, 1.82) is 0 Å². The number of urea groups is 1. The number of nitrogens with two attached hydrogens (primary N) is 1. The highest BCUT2D eigenvalue weighted by Crippen LogP contribution is 2.20. The fourth-order valence-electron chi connectivity index (χ4n) is 3.70. The summed E-state index contributed by atoms with van der Waals surface area (Å²) in [7, 11) is 0. The third-order valence-electron chi connectivity index (χ3n) is 6.05. The second kappa shape index (κ2) is 14.1. The van der Waals surface area contributed by atoms with Crippen LogP contribution < -0.4 is 16.4 Å². The van der Waals surface area contributed by atoms with E-state index in [-0.39, 0.29) is 26.1 Å². The zero-order chi connectivity index (χ0) is 28.3. The van der Waals surface area contributed by atoms with E-state index in [9.17, 15) is 29.4 Å². The molecule has 0 saturated heterocycles. The molecule has 0 aromatic heterocycles. The van der Waals surface area contributed by atoms with Crippen molar-refractivity contribution in [2.75, 3.05) is 19.6 Å². The van der Waals surface area contributed by atoms with Crippen LogP contribution in [-0.4, -0.2) is 70.2 Å². The van der Waals surface area contributed by atoms with Crippen molar-refractivity contribution < 1.29 is 29.4 Å². The summed E-state index contributed by atoms with van der Waals surface area (Å²) in [5.41, 5.74) is 7.32. The lowest BCUT2D eigenvalue weighted by Crippen LogP contribution is -2.53. The molecule has 0 aliphatic heterocycles. The lowest BCUT2D eigenvalue weighted by atomic mass is 10.0. The number of unbranched alkanes of at least 4 members (excludes halogenated alkanes) is 1. The minimum atomic E-state index is -1.21. The molecule has 38 heavy (non-hydrogen) atoms. The first-order valence-electron chi connectivity index (χ1n) is 12.6. The van der Waals surface area contributed by atoms with Crippen LogP contribution in [0.5, 0.6) is 0 Å². The summed E-state index contributed by atoms with van der Waals surface area (Å²) >= 11 is 0. The number of carbonyl (C=O) groups is 4. The smallest absolute Gasteiger partial charge is 0.326 e. The Labute approximate surface area is 223 Å². The monoisotopic (exact) mass is 526 g/mol. The zero-order valence-corrected chi connectivity index (χ0v) is 22.1. The van der Waals surface area contributed by atoms with Crippen LogP contribution in [0.2, 0.25) is 0 Å². The van der Waals surface area contributed by atoms with Gasteiger partial charge in [0.15, 0.2) is 0 Å². The third kappa shape index (κ3) is 9.51. The SMILES string of the molecule is CCCCN(C[C@@H](CNC(=O)C(C)(C)N)C(=O)O)C(=O)N[C@@H](Cc1ccc(-c2ccccc2)cc1)C(=O)O. The molecule has 2 aromatic carbocycles. The van der Waals surface area contributed by atoms with E-state index >= 15 is 0 Å². The Bertz CT molecular complexity index is 1080. The van der Waals surface area contributed by atoms with Gasteiger partial charge in [-0.2, -0.15) is 0 Å². The maximum atomic E-state index is 13.1. The number of hydrogen-bond acceptors (Lipinski definition) is 5. The van der Waals surface area contributed by atoms with E-state index in [1.807, 2.05) is 61.5 Å². The van der Waals surface area contributed by atoms with Gasteiger partial charge in [-0.05, 0) is 37.0 Å². The van der Waals surface area contributed by atoms with Gasteiger partial charge in [-0.15, -0.1) is 0 Å². The quantitative estimate of drug-likeness (QED) is 0.253. The molecule has 0 unspecified atom stereocenters. The molecule has 0 spiro atoms. The maximum Gasteiger partial charge on any atom is 0.326 e. The number of rotatable bonds is 14. The Morgan fingerprint density at radius 2 is 1.55 bits per heavy atom. The number of amides is 3. The predicted octanol–water partition coefficient (Wildman–Crippen LogP) is 2.72. The first kappa shape index (κ1) is 30.3. The van der Waals surface area contributed by atoms with Crippen molar-refractivity contribution in [2.24, 2.45) is 11.7 Å². The largest absolute Gasteiger partial charge is 0.481 e. The van der Waals surface area contributed by atoms with Crippen molar-refractivity contribution in [3.63, 3.8) is 0 Å². The molecular weight excluding hydrogens is 488 g/mol. The average Bonchev–Trinajstić information content (AvgIpc) is 2.87. The van der Waals surface area contributed by atoms with Crippen molar-refractivity contribution in [3.8, 4) is 11.1 Å². The summed E-state index contributed by atoms with van der Waals surface area (Å²) in [6.07, 6.45) is 1.40. The normalized spacial score (nSPS) is 12.7. The Hall–Kier alpha value is -3.92. The summed E-state index contributed by atoms with van der Waals surface area (Å²) < 4.78 is 0. The number of hydrogen-bond donors (Lipinski definition) is 5. The highest BCUT2D eigenvalue weighted by atomic mass is 16.4. The Kier molecular flexibility index (Phi) is 11.3. The van der Waals surface area contributed by atoms with Gasteiger partial charge in [0, 0.05) is 26.1 Å². The van der Waals surface area contributed by atoms with Crippen molar-refractivity contribution in [2.45, 2.75) is 51.6 Å². The Morgan fingerprint density at radius 1 is 0.947 bits per heavy atom. The minimum Gasteiger partial charge on any atom is -0.481 e. The molecule has 10 nitrogen and oxygen atoms in total. The van der Waals surface area contributed by atoms with E-state index in [0.29, 0.717) is 6.42 Å². The molecule has 0 radical (unpaired) electrons. The van der Waals surface area contributed by atoms with Crippen molar-refractivity contribution in [3.05, 3.63) is 60.2 Å². The fourth-order valence-corrected chi connectivity index (χ4v) is 3.70. The average molecular weight is 527 g/mol. The molecule has 2 aromatic rings. The highest BCUT2D eigenvalue weighted by Gasteiger charge is 2.29. The van der Waals surface area contributed by atoms with Gasteiger partial charge < -0.3 is 31.5 Å². The first-order valence-corrected chi connectivity index (χ1v) is 12.6. The zero-order valence-electron chi connectivity index (χ0n) is 22.1. The molecular formula is C28H38N4O6. The predicted molar refractivity (Wildman–Crippen MR) is 144 cm³/mol. The van der Waals surface area contributed by atoms with Crippen LogP contribution in [0.3, 0.4) is 0 Å². The molecule has 206 valence electrons. The molecule has 0 aliphatic carbocycles. The number of benzene rings is 2. The van der Waals surface area contributed by atoms with E-state index in [2.05, 4.69) is 10.6 Å². The second-order valence-corrected chi connectivity index (χ2v) is 9.87. The standard InChI is InChI=1S/C28H38N4O6/c1-4-5-15-32(18-22(24(33)34)17-30-26(37)28(2,3)29)27(38)31-23(25(35)36)16-19-11-13-21(14-12-19)20-9-7-6-8-10-20/h6-14,22-23H,4-5,15-18,29H2,1-3H3,(H,30,37)(H,31,38)(H,33,34)(H,35,36)/t22-,23+/m1/s1. The van der Waals surface area contributed by atoms with Gasteiger partial charge in [0.05, 0.1) is 11.5 Å². The molecule has 0 heterocycles. The van der Waals surface area contributed by atoms with E-state index in [1.54, 1.807) is 0 Å². The second-order valence-electron chi connectivity index (χ2n) is 9.87. The van der Waals surface area contributed by atoms with E-state index in [0.717, 1.165) is 23.1 Å². The number of aliphatic carboxylic acids is 2. The minimum absolute atomic E-state index is 0.0573. The van der Waals surface area contributed by atoms with Crippen LogP contribution in [0.4, 0.5) is 4.79 Å². The summed E-state index contributed by atoms with van der Waals surface area (Å²) in [5.74, 6) is -4.01. The summed E-state index contributed by atoms with van der Waals surface area (Å²) in [6, 6.07) is 15.3. The molecule has 10 heteroatoms. The van der Waals surface area contributed by atoms with Gasteiger partial charge in [-0.3, -0.25) is 9.59 Å². The molecule has 2 rings (SSSR count). The van der Waals surface area contributed by atoms with Gasteiger partial charge in [-0.1, -0.05) is 67.9 Å². The Balaban J connectivity index is 2.10. The van der Waals surface area contributed by atoms with Crippen molar-refractivity contribution >= 4 is 23.9 Å². The van der Waals surface area contributed by atoms with Gasteiger partial charge in [0.1, 0.15) is 6.04 Å². The molecule has 6 N–H and O–H groups in total. The van der Waals surface area contributed by atoms with Crippen LogP contribution in [0.25, 0.3) is 11.1 Å². The molecule has 0 bridgehead atoms. The van der Waals surface area contributed by atoms with Gasteiger partial charge in [0.25, 0.3) is 0 Å². The number of nitrogens with zero attached hydrogens (tertiary/aromatic N) is 1. The Morgan fingerprint density at radius 3 is 2.08 bits per heavy atom. The van der Waals surface area contributed by atoms with Crippen molar-refractivity contribution in [1.82, 2.24) is 15.5 Å². The van der Waals surface area contributed by atoms with Crippen LogP contribution >= 0.6 is 0 Å². The topological polar surface area (TPSA) is 162 Å². The van der Waals surface area contributed by atoms with Crippen LogP contribution in [-0.2, 0) is 20.8 Å². The van der Waals surface area contributed by atoms with Crippen LogP contribution in [0.15, 0.2) is 54.6 Å². The number of carboxylic acids is 2. The highest BCUT2D eigenvalue weighted by molar-refractivity contribution is 5.86. The number of nitrogens with one attached hydrogen (secondary N) is 2. The fraction of sp³-hybridized carbons (Fsp3) is 0.429. The van der Waals surface area contributed by atoms with Crippen LogP contribution in [0.1, 0.15) is 39.2 Å². The molecule has 3 amide bonds. The lowest BCUT2D eigenvalue weighted by Gasteiger charge is -2.28. The summed E-state index contributed by atoms with van der Waals surface area (Å²) in [4.78, 5) is 50.3. The molecule has 0 saturated carbocycles. The van der Waals surface area contributed by atoms with Gasteiger partial charge in [0.2, 0.25) is 5.91 Å². The number of carboxylic acid groups (broad SMARTS) is 2. The van der Waals surface area contributed by atoms with Crippen LogP contribution in [0, 0.1) is 5.92 Å². The lowest BCUT2D eigenvalue weighted by molar-refractivity contribution is -0.142. The first-order chi connectivity index (χ1) is 17.9. The van der Waals surface area contributed by atoms with Gasteiger partial charge >= 0.3 is 18.0 Å². The number of carbonyl (C=O) groups excluding carboxylic acids is 2. The summed E-state index contributed by atoms with van der Waals surface area (Å²) in [5, 5.41) is 24.5. The van der Waals surface area contributed by atoms with E-state index in [1.165, 1.54) is 18.7 Å². The third-order valence-corrected chi connectivity index (χ3v) is 6.05. The molecule has 2 atom stereocenters. The van der Waals surface area contributed by atoms with Gasteiger partial charge in [-0.25, -0.2) is 9.59 Å². The molecule has 0 fully saturated rings. The maximum absolute atomic E-state index is 13.1. The van der Waals surface area contributed by atoms with E-state index in [4.69, 9.17) is 5.73 Å². The molecule has 0 aliphatic rings. The summed E-state index contributed by atoms with van der Waals surface area (Å²) in [6.45, 7) is 4.74. The van der Waals surface area contributed by atoms with E-state index < -0.39 is 41.4 Å².